The average molecular weight is 225 g/mol. The Morgan fingerprint density at radius 1 is 1.31 bits per heavy atom. The zero-order valence-electron chi connectivity index (χ0n) is 10.1. The van der Waals surface area contributed by atoms with Crippen molar-refractivity contribution in [1.29, 1.82) is 0 Å². The number of allylic oxidation sites excluding steroid dienone is 1. The Kier molecular flexibility index (Phi) is 6.15. The van der Waals surface area contributed by atoms with Crippen molar-refractivity contribution in [3.63, 3.8) is 0 Å². The number of rotatable bonds is 6. The van der Waals surface area contributed by atoms with Crippen molar-refractivity contribution in [3.8, 4) is 0 Å². The molecule has 4 heteroatoms. The minimum Gasteiger partial charge on any atom is -0.478 e. The second kappa shape index (κ2) is 6.82. The number of aliphatic carboxylic acids is 1. The number of carbonyl (C=O) groups excluding carboxylic acids is 1. The molecule has 1 amide bonds. The van der Waals surface area contributed by atoms with Gasteiger partial charge >= 0.3 is 5.97 Å². The molecule has 0 fully saturated rings. The lowest BCUT2D eigenvalue weighted by Gasteiger charge is -2.17. The summed E-state index contributed by atoms with van der Waals surface area (Å²) in [5.74, 6) is -1.28. The molecule has 0 aliphatic rings. The highest BCUT2D eigenvalue weighted by atomic mass is 16.4. The Hall–Kier alpha value is -1.58. The Morgan fingerprint density at radius 3 is 2.31 bits per heavy atom. The fourth-order valence-electron chi connectivity index (χ4n) is 1.18. The van der Waals surface area contributed by atoms with Gasteiger partial charge in [0, 0.05) is 24.7 Å². The molecule has 0 atom stereocenters. The fourth-order valence-corrected chi connectivity index (χ4v) is 1.18. The predicted molar refractivity (Wildman–Crippen MR) is 63.1 cm³/mol. The summed E-state index contributed by atoms with van der Waals surface area (Å²) in [5, 5.41) is 8.76. The lowest BCUT2D eigenvalue weighted by Crippen LogP contribution is -2.29. The van der Waals surface area contributed by atoms with E-state index in [-0.39, 0.29) is 17.1 Å². The number of amides is 1. The molecule has 0 bridgehead atoms. The van der Waals surface area contributed by atoms with Crippen molar-refractivity contribution < 1.29 is 14.7 Å². The summed E-state index contributed by atoms with van der Waals surface area (Å²) < 4.78 is 0. The van der Waals surface area contributed by atoms with Gasteiger partial charge in [0.05, 0.1) is 0 Å². The summed E-state index contributed by atoms with van der Waals surface area (Å²) >= 11 is 0. The number of carboxylic acids is 1. The second-order valence-electron chi connectivity index (χ2n) is 3.71. The van der Waals surface area contributed by atoms with E-state index in [2.05, 4.69) is 6.58 Å². The van der Waals surface area contributed by atoms with Crippen LogP contribution in [0.3, 0.4) is 0 Å². The summed E-state index contributed by atoms with van der Waals surface area (Å²) in [6.45, 7) is 7.18. The van der Waals surface area contributed by atoms with E-state index in [0.717, 1.165) is 12.8 Å². The standard InChI is InChI=1S/C12H19NO3/c1-5-6-7-8-13(4)11(14)9(2)10(3)12(15)16/h5H,1,6-8H2,2-4H3,(H,15,16)/b10-9-. The quantitative estimate of drug-likeness (QED) is 0.426. The molecule has 0 saturated heterocycles. The summed E-state index contributed by atoms with van der Waals surface area (Å²) in [5.41, 5.74) is 0.383. The number of likely N-dealkylation sites (N-methyl/N-ethyl adjacent to an activating group) is 1. The van der Waals surface area contributed by atoms with E-state index < -0.39 is 5.97 Å². The van der Waals surface area contributed by atoms with E-state index in [1.165, 1.54) is 18.7 Å². The maximum absolute atomic E-state index is 11.8. The van der Waals surface area contributed by atoms with Crippen LogP contribution in [0, 0.1) is 0 Å². The van der Waals surface area contributed by atoms with Crippen LogP contribution in [0.4, 0.5) is 0 Å². The second-order valence-corrected chi connectivity index (χ2v) is 3.71. The van der Waals surface area contributed by atoms with E-state index in [1.807, 2.05) is 0 Å². The lowest BCUT2D eigenvalue weighted by molar-refractivity contribution is -0.133. The highest BCUT2D eigenvalue weighted by molar-refractivity contribution is 6.01. The first-order chi connectivity index (χ1) is 7.41. The van der Waals surface area contributed by atoms with Gasteiger partial charge in [0.2, 0.25) is 5.91 Å². The molecule has 0 aromatic heterocycles. The van der Waals surface area contributed by atoms with Crippen molar-refractivity contribution in [3.05, 3.63) is 23.8 Å². The Bertz CT molecular complexity index is 318. The lowest BCUT2D eigenvalue weighted by atomic mass is 10.1. The van der Waals surface area contributed by atoms with Gasteiger partial charge in [-0.25, -0.2) is 4.79 Å². The summed E-state index contributed by atoms with van der Waals surface area (Å²) in [7, 11) is 1.67. The van der Waals surface area contributed by atoms with E-state index in [4.69, 9.17) is 5.11 Å². The molecule has 0 spiro atoms. The molecule has 0 aliphatic heterocycles. The molecule has 4 nitrogen and oxygen atoms in total. The fraction of sp³-hybridized carbons (Fsp3) is 0.500. The predicted octanol–water partition coefficient (Wildman–Crippen LogP) is 1.83. The molecule has 0 saturated carbocycles. The number of hydrogen-bond donors (Lipinski definition) is 1. The van der Waals surface area contributed by atoms with Crippen molar-refractivity contribution in [2.45, 2.75) is 26.7 Å². The third-order valence-corrected chi connectivity index (χ3v) is 2.45. The van der Waals surface area contributed by atoms with Gasteiger partial charge in [0.15, 0.2) is 0 Å². The Balaban J connectivity index is 4.49. The molecular weight excluding hydrogens is 206 g/mol. The van der Waals surface area contributed by atoms with E-state index in [9.17, 15) is 9.59 Å². The highest BCUT2D eigenvalue weighted by Gasteiger charge is 2.15. The smallest absolute Gasteiger partial charge is 0.331 e. The largest absolute Gasteiger partial charge is 0.478 e. The van der Waals surface area contributed by atoms with E-state index in [1.54, 1.807) is 13.1 Å². The Morgan fingerprint density at radius 2 is 1.88 bits per heavy atom. The van der Waals surface area contributed by atoms with Crippen LogP contribution in [-0.2, 0) is 9.59 Å². The molecule has 0 aliphatic carbocycles. The minimum absolute atomic E-state index is 0.0978. The maximum atomic E-state index is 11.8. The number of carboxylic acid groups (broad SMARTS) is 1. The number of carbonyl (C=O) groups is 2. The van der Waals surface area contributed by atoms with Gasteiger partial charge in [-0.1, -0.05) is 6.08 Å². The van der Waals surface area contributed by atoms with Gasteiger partial charge in [-0.3, -0.25) is 4.79 Å². The molecule has 0 aromatic carbocycles. The molecular formula is C12H19NO3. The monoisotopic (exact) mass is 225 g/mol. The van der Waals surface area contributed by atoms with Gasteiger partial charge in [0.25, 0.3) is 0 Å². The van der Waals surface area contributed by atoms with Crippen LogP contribution >= 0.6 is 0 Å². The van der Waals surface area contributed by atoms with E-state index in [0.29, 0.717) is 6.54 Å². The molecule has 0 radical (unpaired) electrons. The zero-order valence-corrected chi connectivity index (χ0v) is 10.1. The van der Waals surface area contributed by atoms with Crippen molar-refractivity contribution in [1.82, 2.24) is 4.90 Å². The highest BCUT2D eigenvalue weighted by Crippen LogP contribution is 2.07. The SMILES string of the molecule is C=CCCCN(C)C(=O)/C(C)=C(/C)C(=O)O. The number of nitrogens with zero attached hydrogens (tertiary/aromatic N) is 1. The molecule has 0 unspecified atom stereocenters. The summed E-state index contributed by atoms with van der Waals surface area (Å²) in [4.78, 5) is 24.0. The van der Waals surface area contributed by atoms with Crippen molar-refractivity contribution in [2.75, 3.05) is 13.6 Å². The van der Waals surface area contributed by atoms with Crippen LogP contribution in [0.2, 0.25) is 0 Å². The molecule has 0 aromatic rings. The van der Waals surface area contributed by atoms with Gasteiger partial charge in [0.1, 0.15) is 0 Å². The van der Waals surface area contributed by atoms with Crippen LogP contribution < -0.4 is 0 Å². The zero-order chi connectivity index (χ0) is 12.7. The average Bonchev–Trinajstić information content (AvgIpc) is 2.26. The minimum atomic E-state index is -1.05. The third kappa shape index (κ3) is 4.29. The molecule has 16 heavy (non-hydrogen) atoms. The summed E-state index contributed by atoms with van der Waals surface area (Å²) in [6.07, 6.45) is 3.48. The molecule has 1 N–H and O–H groups in total. The van der Waals surface area contributed by atoms with Gasteiger partial charge in [-0.15, -0.1) is 6.58 Å². The Labute approximate surface area is 96.3 Å². The number of unbranched alkanes of at least 4 members (excludes halogenated alkanes) is 1. The van der Waals surface area contributed by atoms with Gasteiger partial charge < -0.3 is 10.0 Å². The molecule has 0 rings (SSSR count). The van der Waals surface area contributed by atoms with Crippen LogP contribution in [0.1, 0.15) is 26.7 Å². The van der Waals surface area contributed by atoms with Crippen LogP contribution in [0.25, 0.3) is 0 Å². The van der Waals surface area contributed by atoms with Gasteiger partial charge in [-0.2, -0.15) is 0 Å². The van der Waals surface area contributed by atoms with Crippen LogP contribution in [0.5, 0.6) is 0 Å². The third-order valence-electron chi connectivity index (χ3n) is 2.45. The van der Waals surface area contributed by atoms with Crippen molar-refractivity contribution in [2.24, 2.45) is 0 Å². The normalized spacial score (nSPS) is 11.7. The maximum Gasteiger partial charge on any atom is 0.331 e. The molecule has 0 heterocycles. The van der Waals surface area contributed by atoms with Gasteiger partial charge in [-0.05, 0) is 26.7 Å². The van der Waals surface area contributed by atoms with Crippen molar-refractivity contribution >= 4 is 11.9 Å². The van der Waals surface area contributed by atoms with Crippen LogP contribution in [0.15, 0.2) is 23.8 Å². The van der Waals surface area contributed by atoms with Crippen LogP contribution in [-0.4, -0.2) is 35.5 Å². The first kappa shape index (κ1) is 14.4. The topological polar surface area (TPSA) is 57.6 Å². The first-order valence-corrected chi connectivity index (χ1v) is 5.19. The number of hydrogen-bond acceptors (Lipinski definition) is 2. The first-order valence-electron chi connectivity index (χ1n) is 5.19. The van der Waals surface area contributed by atoms with E-state index >= 15 is 0 Å². The molecule has 90 valence electrons. The summed E-state index contributed by atoms with van der Waals surface area (Å²) in [6, 6.07) is 0.